The van der Waals surface area contributed by atoms with Crippen LogP contribution in [-0.4, -0.2) is 36.0 Å². The summed E-state index contributed by atoms with van der Waals surface area (Å²) in [6.07, 6.45) is 4.99. The molecule has 1 saturated carbocycles. The molecule has 16 heavy (non-hydrogen) atoms. The van der Waals surface area contributed by atoms with Crippen LogP contribution in [0.5, 0.6) is 0 Å². The average Bonchev–Trinajstić information content (AvgIpc) is 2.68. The van der Waals surface area contributed by atoms with Gasteiger partial charge in [-0.25, -0.2) is 8.42 Å². The Morgan fingerprint density at radius 2 is 2.31 bits per heavy atom. The summed E-state index contributed by atoms with van der Waals surface area (Å²) in [5.41, 5.74) is 0. The second kappa shape index (κ2) is 4.55. The van der Waals surface area contributed by atoms with Crippen molar-refractivity contribution in [2.45, 2.75) is 31.2 Å². The van der Waals surface area contributed by atoms with Crippen LogP contribution in [0.25, 0.3) is 0 Å². The number of aromatic nitrogens is 2. The number of nitrogens with zero attached hydrogens (tertiary/aromatic N) is 2. The van der Waals surface area contributed by atoms with Crippen molar-refractivity contribution in [2.24, 2.45) is 5.92 Å². The van der Waals surface area contributed by atoms with Crippen molar-refractivity contribution in [3.05, 3.63) is 12.3 Å². The number of hydrogen-bond donors (Lipinski definition) is 1. The summed E-state index contributed by atoms with van der Waals surface area (Å²) in [7, 11) is -3.36. The van der Waals surface area contributed by atoms with E-state index in [-0.39, 0.29) is 5.03 Å². The first-order chi connectivity index (χ1) is 7.64. The van der Waals surface area contributed by atoms with Crippen LogP contribution in [0.2, 0.25) is 0 Å². The Kier molecular flexibility index (Phi) is 3.30. The maximum Gasteiger partial charge on any atom is 0.259 e. The summed E-state index contributed by atoms with van der Waals surface area (Å²) in [4.78, 5) is 0. The lowest BCUT2D eigenvalue weighted by Gasteiger charge is -2.30. The van der Waals surface area contributed by atoms with E-state index in [2.05, 4.69) is 10.2 Å². The zero-order valence-electron chi connectivity index (χ0n) is 9.39. The Bertz CT molecular complexity index is 423. The van der Waals surface area contributed by atoms with Crippen LogP contribution in [0.3, 0.4) is 0 Å². The summed E-state index contributed by atoms with van der Waals surface area (Å²) in [6.45, 7) is 3.02. The molecule has 0 unspecified atom stereocenters. The van der Waals surface area contributed by atoms with Crippen molar-refractivity contribution in [1.82, 2.24) is 14.5 Å². The number of aromatic amines is 1. The van der Waals surface area contributed by atoms with Gasteiger partial charge in [-0.3, -0.25) is 5.10 Å². The van der Waals surface area contributed by atoms with Gasteiger partial charge in [0.05, 0.1) is 6.20 Å². The molecular formula is C10H17N3O2S. The predicted molar refractivity (Wildman–Crippen MR) is 60.4 cm³/mol. The first-order valence-electron chi connectivity index (χ1n) is 5.64. The highest BCUT2D eigenvalue weighted by Crippen LogP contribution is 2.28. The molecule has 0 atom stereocenters. The van der Waals surface area contributed by atoms with Gasteiger partial charge in [0.2, 0.25) is 0 Å². The van der Waals surface area contributed by atoms with E-state index in [0.29, 0.717) is 19.0 Å². The fourth-order valence-electron chi connectivity index (χ4n) is 1.89. The third kappa shape index (κ3) is 2.12. The molecule has 1 aliphatic carbocycles. The molecule has 1 aliphatic rings. The monoisotopic (exact) mass is 243 g/mol. The van der Waals surface area contributed by atoms with Crippen LogP contribution in [0.1, 0.15) is 26.2 Å². The largest absolute Gasteiger partial charge is 0.266 e. The Morgan fingerprint density at radius 1 is 1.56 bits per heavy atom. The Labute approximate surface area is 95.9 Å². The molecule has 1 N–H and O–H groups in total. The Hall–Kier alpha value is -0.880. The number of hydrogen-bond acceptors (Lipinski definition) is 3. The SMILES string of the molecule is CCN(CC1CCC1)S(=O)(=O)c1ccn[nH]1. The molecule has 1 fully saturated rings. The summed E-state index contributed by atoms with van der Waals surface area (Å²) in [5, 5.41) is 6.40. The smallest absolute Gasteiger partial charge is 0.259 e. The summed E-state index contributed by atoms with van der Waals surface area (Å²) < 4.78 is 25.8. The van der Waals surface area contributed by atoms with E-state index in [9.17, 15) is 8.42 Å². The zero-order valence-corrected chi connectivity index (χ0v) is 10.2. The second-order valence-electron chi connectivity index (χ2n) is 4.17. The van der Waals surface area contributed by atoms with E-state index >= 15 is 0 Å². The maximum absolute atomic E-state index is 12.2. The van der Waals surface area contributed by atoms with Gasteiger partial charge in [-0.05, 0) is 24.8 Å². The van der Waals surface area contributed by atoms with Gasteiger partial charge in [-0.2, -0.15) is 9.40 Å². The lowest BCUT2D eigenvalue weighted by molar-refractivity contribution is 0.249. The van der Waals surface area contributed by atoms with Crippen LogP contribution in [0, 0.1) is 5.92 Å². The molecule has 0 spiro atoms. The van der Waals surface area contributed by atoms with Crippen LogP contribution in [0.15, 0.2) is 17.3 Å². The summed E-state index contributed by atoms with van der Waals surface area (Å²) in [5.74, 6) is 0.539. The predicted octanol–water partition coefficient (Wildman–Crippen LogP) is 1.22. The molecule has 2 rings (SSSR count). The van der Waals surface area contributed by atoms with Crippen molar-refractivity contribution >= 4 is 10.0 Å². The highest BCUT2D eigenvalue weighted by atomic mass is 32.2. The second-order valence-corrected chi connectivity index (χ2v) is 6.08. The number of rotatable bonds is 5. The van der Waals surface area contributed by atoms with Crippen molar-refractivity contribution in [2.75, 3.05) is 13.1 Å². The Morgan fingerprint density at radius 3 is 2.75 bits per heavy atom. The minimum Gasteiger partial charge on any atom is -0.266 e. The van der Waals surface area contributed by atoms with Crippen LogP contribution in [0.4, 0.5) is 0 Å². The molecule has 0 aromatic carbocycles. The number of nitrogens with one attached hydrogen (secondary N) is 1. The quantitative estimate of drug-likeness (QED) is 0.845. The lowest BCUT2D eigenvalue weighted by atomic mass is 9.85. The van der Waals surface area contributed by atoms with Gasteiger partial charge in [-0.15, -0.1) is 0 Å². The van der Waals surface area contributed by atoms with Crippen LogP contribution < -0.4 is 0 Å². The molecule has 1 aromatic heterocycles. The Balaban J connectivity index is 2.13. The van der Waals surface area contributed by atoms with Crippen molar-refractivity contribution in [1.29, 1.82) is 0 Å². The van der Waals surface area contributed by atoms with E-state index in [1.165, 1.54) is 23.0 Å². The topological polar surface area (TPSA) is 66.1 Å². The van der Waals surface area contributed by atoms with Gasteiger partial charge < -0.3 is 0 Å². The highest BCUT2D eigenvalue weighted by molar-refractivity contribution is 7.89. The standard InChI is InChI=1S/C10H17N3O2S/c1-2-13(8-9-4-3-5-9)16(14,15)10-6-7-11-12-10/h6-7,9H,2-5,8H2,1H3,(H,11,12). The average molecular weight is 243 g/mol. The number of sulfonamides is 1. The molecule has 0 amide bonds. The molecule has 1 heterocycles. The molecule has 0 bridgehead atoms. The molecule has 1 aromatic rings. The first-order valence-corrected chi connectivity index (χ1v) is 7.08. The third-order valence-corrected chi connectivity index (χ3v) is 5.00. The minimum absolute atomic E-state index is 0.189. The van der Waals surface area contributed by atoms with Crippen LogP contribution >= 0.6 is 0 Å². The molecule has 0 aliphatic heterocycles. The minimum atomic E-state index is -3.36. The summed E-state index contributed by atoms with van der Waals surface area (Å²) >= 11 is 0. The molecule has 6 heteroatoms. The zero-order chi connectivity index (χ0) is 11.6. The van der Waals surface area contributed by atoms with Crippen LogP contribution in [-0.2, 0) is 10.0 Å². The van der Waals surface area contributed by atoms with Gasteiger partial charge in [0.25, 0.3) is 10.0 Å². The fourth-order valence-corrected chi connectivity index (χ4v) is 3.31. The lowest BCUT2D eigenvalue weighted by Crippen LogP contribution is -2.37. The summed E-state index contributed by atoms with van der Waals surface area (Å²) in [6, 6.07) is 1.50. The molecule has 0 saturated heterocycles. The molecule has 5 nitrogen and oxygen atoms in total. The third-order valence-electron chi connectivity index (χ3n) is 3.13. The van der Waals surface area contributed by atoms with E-state index < -0.39 is 10.0 Å². The first kappa shape index (κ1) is 11.6. The van der Waals surface area contributed by atoms with Crippen molar-refractivity contribution in [3.63, 3.8) is 0 Å². The fraction of sp³-hybridized carbons (Fsp3) is 0.700. The van der Waals surface area contributed by atoms with Gasteiger partial charge in [-0.1, -0.05) is 13.3 Å². The molecule has 90 valence electrons. The van der Waals surface area contributed by atoms with E-state index in [1.807, 2.05) is 6.92 Å². The highest BCUT2D eigenvalue weighted by Gasteiger charge is 2.29. The van der Waals surface area contributed by atoms with E-state index in [4.69, 9.17) is 0 Å². The van der Waals surface area contributed by atoms with Gasteiger partial charge >= 0.3 is 0 Å². The molecule has 0 radical (unpaired) electrons. The van der Waals surface area contributed by atoms with E-state index in [0.717, 1.165) is 12.8 Å². The van der Waals surface area contributed by atoms with Crippen molar-refractivity contribution < 1.29 is 8.42 Å². The van der Waals surface area contributed by atoms with Gasteiger partial charge in [0.1, 0.15) is 0 Å². The van der Waals surface area contributed by atoms with Gasteiger partial charge in [0.15, 0.2) is 5.03 Å². The van der Waals surface area contributed by atoms with E-state index in [1.54, 1.807) is 0 Å². The maximum atomic E-state index is 12.2. The number of H-pyrrole nitrogens is 1. The van der Waals surface area contributed by atoms with Gasteiger partial charge in [0, 0.05) is 13.1 Å². The molecular weight excluding hydrogens is 226 g/mol. The van der Waals surface area contributed by atoms with Crippen molar-refractivity contribution in [3.8, 4) is 0 Å². The normalized spacial score (nSPS) is 17.6.